The van der Waals surface area contributed by atoms with E-state index in [4.69, 9.17) is 4.74 Å². The molecule has 0 aliphatic rings. The third kappa shape index (κ3) is 2.65. The van der Waals surface area contributed by atoms with Gasteiger partial charge in [0.15, 0.2) is 11.6 Å². The maximum atomic E-state index is 5.44. The van der Waals surface area contributed by atoms with Gasteiger partial charge in [-0.2, -0.15) is 5.10 Å². The molecule has 0 unspecified atom stereocenters. The van der Waals surface area contributed by atoms with Crippen molar-refractivity contribution in [1.29, 1.82) is 0 Å². The first-order valence-corrected chi connectivity index (χ1v) is 6.98. The number of benzene rings is 1. The van der Waals surface area contributed by atoms with E-state index >= 15 is 0 Å². The van der Waals surface area contributed by atoms with Gasteiger partial charge < -0.3 is 9.72 Å². The third-order valence-corrected chi connectivity index (χ3v) is 3.18. The number of nitrogens with one attached hydrogen (secondary N) is 1. The standard InChI is InChI=1S/C15H17N5O/c1-3-20-15(17-10-18-20)14-16-9-13(19-14)11-5-7-12(8-6-11)21-4-2/h5-10H,3-4H2,1-2H3,(H,16,19). The van der Waals surface area contributed by atoms with Crippen molar-refractivity contribution in [3.8, 4) is 28.7 Å². The zero-order valence-electron chi connectivity index (χ0n) is 12.1. The molecule has 0 fully saturated rings. The molecular formula is C15H17N5O. The van der Waals surface area contributed by atoms with Crippen molar-refractivity contribution in [3.05, 3.63) is 36.8 Å². The van der Waals surface area contributed by atoms with E-state index in [1.54, 1.807) is 10.9 Å². The molecule has 3 aromatic rings. The Balaban J connectivity index is 1.87. The van der Waals surface area contributed by atoms with Crippen LogP contribution in [0.5, 0.6) is 5.75 Å². The number of rotatable bonds is 5. The summed E-state index contributed by atoms with van der Waals surface area (Å²) in [6.45, 7) is 5.42. The maximum Gasteiger partial charge on any atom is 0.194 e. The molecule has 0 aliphatic heterocycles. The van der Waals surface area contributed by atoms with Gasteiger partial charge in [0, 0.05) is 6.54 Å². The van der Waals surface area contributed by atoms with Crippen molar-refractivity contribution < 1.29 is 4.74 Å². The Labute approximate surface area is 122 Å². The lowest BCUT2D eigenvalue weighted by atomic mass is 10.2. The van der Waals surface area contributed by atoms with E-state index in [0.717, 1.165) is 35.2 Å². The summed E-state index contributed by atoms with van der Waals surface area (Å²) in [5, 5.41) is 4.15. The van der Waals surface area contributed by atoms with E-state index in [9.17, 15) is 0 Å². The molecule has 1 aromatic carbocycles. The summed E-state index contributed by atoms with van der Waals surface area (Å²) in [6, 6.07) is 7.92. The zero-order chi connectivity index (χ0) is 14.7. The van der Waals surface area contributed by atoms with Gasteiger partial charge in [0.1, 0.15) is 12.1 Å². The van der Waals surface area contributed by atoms with Crippen molar-refractivity contribution in [3.63, 3.8) is 0 Å². The van der Waals surface area contributed by atoms with E-state index in [0.29, 0.717) is 6.61 Å². The van der Waals surface area contributed by atoms with Crippen molar-refractivity contribution in [1.82, 2.24) is 24.7 Å². The minimum absolute atomic E-state index is 0.667. The minimum Gasteiger partial charge on any atom is -0.494 e. The van der Waals surface area contributed by atoms with Crippen LogP contribution in [0.3, 0.4) is 0 Å². The van der Waals surface area contributed by atoms with E-state index in [1.165, 1.54) is 6.33 Å². The number of aromatic amines is 1. The number of hydrogen-bond donors (Lipinski definition) is 1. The SMILES string of the molecule is CCOc1ccc(-c2cnc(-c3ncnn3CC)[nH]2)cc1. The van der Waals surface area contributed by atoms with Crippen molar-refractivity contribution in [2.45, 2.75) is 20.4 Å². The van der Waals surface area contributed by atoms with Crippen LogP contribution >= 0.6 is 0 Å². The quantitative estimate of drug-likeness (QED) is 0.781. The molecule has 1 N–H and O–H groups in total. The molecule has 0 radical (unpaired) electrons. The molecule has 0 spiro atoms. The average molecular weight is 283 g/mol. The largest absolute Gasteiger partial charge is 0.494 e. The predicted octanol–water partition coefficient (Wildman–Crippen LogP) is 2.75. The van der Waals surface area contributed by atoms with Crippen LogP contribution in [0.15, 0.2) is 36.8 Å². The Morgan fingerprint density at radius 1 is 1.14 bits per heavy atom. The van der Waals surface area contributed by atoms with E-state index in [-0.39, 0.29) is 0 Å². The van der Waals surface area contributed by atoms with Gasteiger partial charge in [0.05, 0.1) is 18.5 Å². The molecule has 0 amide bonds. The molecule has 0 saturated heterocycles. The smallest absolute Gasteiger partial charge is 0.194 e. The summed E-state index contributed by atoms with van der Waals surface area (Å²) in [4.78, 5) is 11.9. The molecule has 0 saturated carbocycles. The molecule has 2 aromatic heterocycles. The Kier molecular flexibility index (Phi) is 3.68. The van der Waals surface area contributed by atoms with E-state index in [1.807, 2.05) is 38.1 Å². The van der Waals surface area contributed by atoms with Gasteiger partial charge in [-0.05, 0) is 43.7 Å². The Bertz CT molecular complexity index is 714. The summed E-state index contributed by atoms with van der Waals surface area (Å²) in [5.41, 5.74) is 2.00. The van der Waals surface area contributed by atoms with Crippen LogP contribution in [-0.4, -0.2) is 31.3 Å². The molecule has 6 heteroatoms. The fourth-order valence-corrected chi connectivity index (χ4v) is 2.16. The van der Waals surface area contributed by atoms with Gasteiger partial charge in [0.2, 0.25) is 0 Å². The highest BCUT2D eigenvalue weighted by molar-refractivity contribution is 5.62. The number of ether oxygens (including phenoxy) is 1. The summed E-state index contributed by atoms with van der Waals surface area (Å²) >= 11 is 0. The molecular weight excluding hydrogens is 266 g/mol. The van der Waals surface area contributed by atoms with Gasteiger partial charge >= 0.3 is 0 Å². The minimum atomic E-state index is 0.667. The number of H-pyrrole nitrogens is 1. The van der Waals surface area contributed by atoms with Gasteiger partial charge in [-0.1, -0.05) is 0 Å². The highest BCUT2D eigenvalue weighted by Gasteiger charge is 2.11. The second-order valence-electron chi connectivity index (χ2n) is 4.50. The summed E-state index contributed by atoms with van der Waals surface area (Å²) < 4.78 is 7.25. The number of imidazole rings is 1. The molecule has 0 atom stereocenters. The summed E-state index contributed by atoms with van der Waals surface area (Å²) in [5.74, 6) is 2.33. The lowest BCUT2D eigenvalue weighted by Gasteiger charge is -2.03. The van der Waals surface area contributed by atoms with Gasteiger partial charge in [0.25, 0.3) is 0 Å². The first kappa shape index (κ1) is 13.4. The molecule has 108 valence electrons. The van der Waals surface area contributed by atoms with E-state index in [2.05, 4.69) is 20.1 Å². The Hall–Kier alpha value is -2.63. The maximum absolute atomic E-state index is 5.44. The van der Waals surface area contributed by atoms with Crippen LogP contribution in [0, 0.1) is 0 Å². The fourth-order valence-electron chi connectivity index (χ4n) is 2.16. The van der Waals surface area contributed by atoms with Crippen molar-refractivity contribution in [2.24, 2.45) is 0 Å². The van der Waals surface area contributed by atoms with Crippen LogP contribution in [0.1, 0.15) is 13.8 Å². The number of aryl methyl sites for hydroxylation is 1. The van der Waals surface area contributed by atoms with Crippen molar-refractivity contribution in [2.75, 3.05) is 6.61 Å². The summed E-state index contributed by atoms with van der Waals surface area (Å²) in [6.07, 6.45) is 3.34. The fraction of sp³-hybridized carbons (Fsp3) is 0.267. The van der Waals surface area contributed by atoms with Crippen molar-refractivity contribution >= 4 is 0 Å². The zero-order valence-corrected chi connectivity index (χ0v) is 12.1. The second kappa shape index (κ2) is 5.78. The molecule has 21 heavy (non-hydrogen) atoms. The normalized spacial score (nSPS) is 10.8. The molecule has 6 nitrogen and oxygen atoms in total. The topological polar surface area (TPSA) is 68.6 Å². The molecule has 0 bridgehead atoms. The van der Waals surface area contributed by atoms with Crippen LogP contribution < -0.4 is 4.74 Å². The first-order valence-electron chi connectivity index (χ1n) is 6.98. The van der Waals surface area contributed by atoms with Gasteiger partial charge in [-0.3, -0.25) is 0 Å². The van der Waals surface area contributed by atoms with Crippen LogP contribution in [0.4, 0.5) is 0 Å². The highest BCUT2D eigenvalue weighted by atomic mass is 16.5. The van der Waals surface area contributed by atoms with Crippen LogP contribution in [0.2, 0.25) is 0 Å². The molecule has 3 rings (SSSR count). The summed E-state index contributed by atoms with van der Waals surface area (Å²) in [7, 11) is 0. The molecule has 2 heterocycles. The third-order valence-electron chi connectivity index (χ3n) is 3.18. The van der Waals surface area contributed by atoms with Gasteiger partial charge in [-0.25, -0.2) is 14.6 Å². The average Bonchev–Trinajstić information content (AvgIpc) is 3.17. The van der Waals surface area contributed by atoms with Gasteiger partial charge in [-0.15, -0.1) is 0 Å². The highest BCUT2D eigenvalue weighted by Crippen LogP contribution is 2.23. The Morgan fingerprint density at radius 2 is 1.95 bits per heavy atom. The number of nitrogens with zero attached hydrogens (tertiary/aromatic N) is 4. The predicted molar refractivity (Wildman–Crippen MR) is 79.9 cm³/mol. The lowest BCUT2D eigenvalue weighted by Crippen LogP contribution is -2.00. The van der Waals surface area contributed by atoms with Crippen LogP contribution in [-0.2, 0) is 6.54 Å². The number of aromatic nitrogens is 5. The molecule has 0 aliphatic carbocycles. The monoisotopic (exact) mass is 283 g/mol. The number of hydrogen-bond acceptors (Lipinski definition) is 4. The Morgan fingerprint density at radius 3 is 2.67 bits per heavy atom. The van der Waals surface area contributed by atoms with E-state index < -0.39 is 0 Å². The first-order chi connectivity index (χ1) is 10.3. The van der Waals surface area contributed by atoms with Crippen LogP contribution in [0.25, 0.3) is 22.9 Å². The second-order valence-corrected chi connectivity index (χ2v) is 4.50. The lowest BCUT2D eigenvalue weighted by molar-refractivity contribution is 0.340.